The summed E-state index contributed by atoms with van der Waals surface area (Å²) in [5.74, 6) is 0.0331. The van der Waals surface area contributed by atoms with E-state index in [1.165, 1.54) is 0 Å². The highest BCUT2D eigenvalue weighted by Crippen LogP contribution is 1.99. The SMILES string of the molecule is CCC(C)NC(=O)C(C)NC(CC)CCO. The molecule has 0 aliphatic heterocycles. The van der Waals surface area contributed by atoms with Crippen LogP contribution in [0.15, 0.2) is 0 Å². The van der Waals surface area contributed by atoms with Crippen LogP contribution >= 0.6 is 0 Å². The van der Waals surface area contributed by atoms with Crippen molar-refractivity contribution in [2.75, 3.05) is 6.61 Å². The molecule has 1 amide bonds. The Morgan fingerprint density at radius 2 is 1.88 bits per heavy atom. The lowest BCUT2D eigenvalue weighted by Gasteiger charge is -2.22. The van der Waals surface area contributed by atoms with E-state index in [-0.39, 0.29) is 30.6 Å². The number of hydrogen-bond acceptors (Lipinski definition) is 3. The normalized spacial score (nSPS) is 16.6. The average Bonchev–Trinajstić information content (AvgIpc) is 2.27. The molecule has 0 fully saturated rings. The third kappa shape index (κ3) is 6.08. The Kier molecular flexibility index (Phi) is 8.21. The Balaban J connectivity index is 4.02. The predicted octanol–water partition coefficient (Wildman–Crippen LogP) is 1.04. The topological polar surface area (TPSA) is 61.4 Å². The van der Waals surface area contributed by atoms with Gasteiger partial charge in [-0.25, -0.2) is 0 Å². The van der Waals surface area contributed by atoms with Crippen molar-refractivity contribution in [1.29, 1.82) is 0 Å². The molecular weight excluding hydrogens is 204 g/mol. The van der Waals surface area contributed by atoms with Crippen molar-refractivity contribution in [3.8, 4) is 0 Å². The van der Waals surface area contributed by atoms with Gasteiger partial charge in [0.25, 0.3) is 0 Å². The first kappa shape index (κ1) is 15.4. The molecule has 0 aliphatic carbocycles. The molecule has 3 atom stereocenters. The number of nitrogens with one attached hydrogen (secondary N) is 2. The van der Waals surface area contributed by atoms with E-state index in [9.17, 15) is 4.79 Å². The Hall–Kier alpha value is -0.610. The Labute approximate surface area is 98.8 Å². The van der Waals surface area contributed by atoms with Gasteiger partial charge >= 0.3 is 0 Å². The summed E-state index contributed by atoms with van der Waals surface area (Å²) in [4.78, 5) is 11.7. The third-order valence-electron chi connectivity index (χ3n) is 2.85. The van der Waals surface area contributed by atoms with Gasteiger partial charge in [0.15, 0.2) is 0 Å². The van der Waals surface area contributed by atoms with Gasteiger partial charge in [-0.1, -0.05) is 13.8 Å². The van der Waals surface area contributed by atoms with Gasteiger partial charge in [0.1, 0.15) is 0 Å². The quantitative estimate of drug-likeness (QED) is 0.584. The summed E-state index contributed by atoms with van der Waals surface area (Å²) < 4.78 is 0. The van der Waals surface area contributed by atoms with Crippen LogP contribution in [0.4, 0.5) is 0 Å². The third-order valence-corrected chi connectivity index (χ3v) is 2.85. The maximum atomic E-state index is 11.7. The first-order valence-electron chi connectivity index (χ1n) is 6.22. The van der Waals surface area contributed by atoms with Crippen molar-refractivity contribution >= 4 is 5.91 Å². The van der Waals surface area contributed by atoms with Gasteiger partial charge in [0.2, 0.25) is 5.91 Å². The van der Waals surface area contributed by atoms with Crippen molar-refractivity contribution in [1.82, 2.24) is 10.6 Å². The van der Waals surface area contributed by atoms with Crippen LogP contribution in [0.5, 0.6) is 0 Å². The maximum absolute atomic E-state index is 11.7. The standard InChI is InChI=1S/C12H26N2O2/c1-5-9(3)13-12(16)10(4)14-11(6-2)7-8-15/h9-11,14-15H,5-8H2,1-4H3,(H,13,16). The Bertz CT molecular complexity index is 197. The average molecular weight is 230 g/mol. The molecule has 96 valence electrons. The zero-order valence-corrected chi connectivity index (χ0v) is 10.9. The van der Waals surface area contributed by atoms with Crippen molar-refractivity contribution in [2.45, 2.75) is 65.1 Å². The molecule has 0 rings (SSSR count). The van der Waals surface area contributed by atoms with Crippen LogP contribution in [-0.4, -0.2) is 35.7 Å². The highest BCUT2D eigenvalue weighted by atomic mass is 16.3. The fourth-order valence-electron chi connectivity index (χ4n) is 1.46. The van der Waals surface area contributed by atoms with Crippen molar-refractivity contribution in [3.63, 3.8) is 0 Å². The number of aliphatic hydroxyl groups is 1. The molecule has 16 heavy (non-hydrogen) atoms. The molecule has 4 nitrogen and oxygen atoms in total. The molecular formula is C12H26N2O2. The fraction of sp³-hybridized carbons (Fsp3) is 0.917. The lowest BCUT2D eigenvalue weighted by Crippen LogP contribution is -2.48. The number of amides is 1. The van der Waals surface area contributed by atoms with E-state index in [0.717, 1.165) is 12.8 Å². The summed E-state index contributed by atoms with van der Waals surface area (Å²) in [6.45, 7) is 8.11. The lowest BCUT2D eigenvalue weighted by molar-refractivity contribution is -0.123. The van der Waals surface area contributed by atoms with Crippen LogP contribution in [0.1, 0.15) is 47.0 Å². The van der Waals surface area contributed by atoms with Gasteiger partial charge < -0.3 is 15.7 Å². The van der Waals surface area contributed by atoms with Crippen molar-refractivity contribution < 1.29 is 9.90 Å². The van der Waals surface area contributed by atoms with Crippen molar-refractivity contribution in [3.05, 3.63) is 0 Å². The summed E-state index contributed by atoms with van der Waals surface area (Å²) in [5, 5.41) is 15.0. The second kappa shape index (κ2) is 8.53. The molecule has 4 heteroatoms. The minimum absolute atomic E-state index is 0.0331. The minimum atomic E-state index is -0.203. The van der Waals surface area contributed by atoms with Crippen LogP contribution in [0.2, 0.25) is 0 Å². The maximum Gasteiger partial charge on any atom is 0.237 e. The number of carbonyl (C=O) groups excluding carboxylic acids is 1. The van der Waals surface area contributed by atoms with E-state index in [0.29, 0.717) is 6.42 Å². The summed E-state index contributed by atoms with van der Waals surface area (Å²) in [6, 6.07) is 0.225. The van der Waals surface area contributed by atoms with Crippen LogP contribution in [0.25, 0.3) is 0 Å². The largest absolute Gasteiger partial charge is 0.396 e. The number of rotatable bonds is 8. The smallest absolute Gasteiger partial charge is 0.237 e. The number of carbonyl (C=O) groups is 1. The van der Waals surface area contributed by atoms with E-state index >= 15 is 0 Å². The molecule has 0 saturated carbocycles. The van der Waals surface area contributed by atoms with E-state index < -0.39 is 0 Å². The molecule has 0 saturated heterocycles. The molecule has 3 N–H and O–H groups in total. The van der Waals surface area contributed by atoms with Gasteiger partial charge in [-0.3, -0.25) is 4.79 Å². The van der Waals surface area contributed by atoms with E-state index in [2.05, 4.69) is 10.6 Å². The number of aliphatic hydroxyl groups excluding tert-OH is 1. The zero-order valence-electron chi connectivity index (χ0n) is 10.9. The summed E-state index contributed by atoms with van der Waals surface area (Å²) in [6.07, 6.45) is 2.55. The van der Waals surface area contributed by atoms with E-state index in [1.807, 2.05) is 27.7 Å². The second-order valence-electron chi connectivity index (χ2n) is 4.32. The molecule has 0 bridgehead atoms. The fourth-order valence-corrected chi connectivity index (χ4v) is 1.46. The molecule has 0 heterocycles. The van der Waals surface area contributed by atoms with Gasteiger partial charge in [-0.2, -0.15) is 0 Å². The minimum Gasteiger partial charge on any atom is -0.396 e. The predicted molar refractivity (Wildman–Crippen MR) is 66.3 cm³/mol. The Morgan fingerprint density at radius 1 is 1.25 bits per heavy atom. The molecule has 3 unspecified atom stereocenters. The molecule has 0 aromatic heterocycles. The molecule has 0 aromatic carbocycles. The summed E-state index contributed by atoms with van der Waals surface area (Å²) in [7, 11) is 0. The monoisotopic (exact) mass is 230 g/mol. The van der Waals surface area contributed by atoms with Gasteiger partial charge in [-0.05, 0) is 33.1 Å². The second-order valence-corrected chi connectivity index (χ2v) is 4.32. The van der Waals surface area contributed by atoms with E-state index in [1.54, 1.807) is 0 Å². The van der Waals surface area contributed by atoms with Crippen LogP contribution in [0.3, 0.4) is 0 Å². The zero-order chi connectivity index (χ0) is 12.6. The lowest BCUT2D eigenvalue weighted by atomic mass is 10.1. The molecule has 0 aliphatic rings. The number of hydrogen-bond donors (Lipinski definition) is 3. The van der Waals surface area contributed by atoms with Gasteiger partial charge in [0.05, 0.1) is 6.04 Å². The highest BCUT2D eigenvalue weighted by molar-refractivity contribution is 5.81. The first-order chi connectivity index (χ1) is 7.54. The van der Waals surface area contributed by atoms with Crippen LogP contribution < -0.4 is 10.6 Å². The molecule has 0 spiro atoms. The molecule has 0 aromatic rings. The summed E-state index contributed by atoms with van der Waals surface area (Å²) >= 11 is 0. The van der Waals surface area contributed by atoms with Crippen LogP contribution in [0, 0.1) is 0 Å². The highest BCUT2D eigenvalue weighted by Gasteiger charge is 2.17. The molecule has 0 radical (unpaired) electrons. The summed E-state index contributed by atoms with van der Waals surface area (Å²) in [5.41, 5.74) is 0. The first-order valence-corrected chi connectivity index (χ1v) is 6.22. The van der Waals surface area contributed by atoms with Crippen LogP contribution in [-0.2, 0) is 4.79 Å². The van der Waals surface area contributed by atoms with E-state index in [4.69, 9.17) is 5.11 Å². The Morgan fingerprint density at radius 3 is 2.31 bits per heavy atom. The van der Waals surface area contributed by atoms with Gasteiger partial charge in [-0.15, -0.1) is 0 Å². The van der Waals surface area contributed by atoms with Crippen molar-refractivity contribution in [2.24, 2.45) is 0 Å². The van der Waals surface area contributed by atoms with Gasteiger partial charge in [0, 0.05) is 18.7 Å².